The molecule has 0 amide bonds. The molecule has 20 heavy (non-hydrogen) atoms. The lowest BCUT2D eigenvalue weighted by Gasteiger charge is -2.03. The molecule has 0 radical (unpaired) electrons. The summed E-state index contributed by atoms with van der Waals surface area (Å²) < 4.78 is 1.16. The van der Waals surface area contributed by atoms with Crippen molar-refractivity contribution in [3.05, 3.63) is 46.4 Å². The third kappa shape index (κ3) is 3.04. The number of thiazole rings is 1. The number of aromatic nitrogens is 1. The largest absolute Gasteiger partial charge is 0.331 e. The third-order valence-electron chi connectivity index (χ3n) is 2.71. The number of hydrogen-bond donors (Lipinski definition) is 1. The van der Waals surface area contributed by atoms with Crippen molar-refractivity contribution in [3.8, 4) is 0 Å². The van der Waals surface area contributed by atoms with E-state index >= 15 is 0 Å². The minimum atomic E-state index is 0.603. The fourth-order valence-corrected chi connectivity index (χ4v) is 3.80. The second-order valence-electron chi connectivity index (χ2n) is 4.14. The molecule has 2 nitrogen and oxygen atoms in total. The minimum Gasteiger partial charge on any atom is -0.331 e. The van der Waals surface area contributed by atoms with E-state index in [2.05, 4.69) is 28.7 Å². The summed E-state index contributed by atoms with van der Waals surface area (Å²) in [6.07, 6.45) is 2.06. The Bertz CT molecular complexity index is 751. The van der Waals surface area contributed by atoms with Gasteiger partial charge in [0.15, 0.2) is 5.13 Å². The van der Waals surface area contributed by atoms with Crippen LogP contribution >= 0.6 is 46.3 Å². The maximum atomic E-state index is 5.99. The highest BCUT2D eigenvalue weighted by Crippen LogP contribution is 2.32. The van der Waals surface area contributed by atoms with Gasteiger partial charge in [0.05, 0.1) is 10.2 Å². The molecule has 6 heteroatoms. The van der Waals surface area contributed by atoms with E-state index in [-0.39, 0.29) is 0 Å². The first kappa shape index (κ1) is 14.0. The highest BCUT2D eigenvalue weighted by atomic mass is 35.5. The van der Waals surface area contributed by atoms with Crippen LogP contribution in [-0.2, 0) is 0 Å². The van der Waals surface area contributed by atoms with Gasteiger partial charge in [0.2, 0.25) is 0 Å². The lowest BCUT2D eigenvalue weighted by Crippen LogP contribution is -1.88. The van der Waals surface area contributed by atoms with Gasteiger partial charge in [0.1, 0.15) is 0 Å². The van der Waals surface area contributed by atoms with Crippen LogP contribution in [0.5, 0.6) is 0 Å². The fourth-order valence-electron chi connectivity index (χ4n) is 1.83. The SMILES string of the molecule is CSc1ccc2nc(Nc3cc(Cl)cc(Cl)c3)sc2c1. The van der Waals surface area contributed by atoms with Gasteiger partial charge in [-0.05, 0) is 42.7 Å². The molecule has 0 saturated carbocycles. The summed E-state index contributed by atoms with van der Waals surface area (Å²) in [4.78, 5) is 5.79. The van der Waals surface area contributed by atoms with Gasteiger partial charge in [-0.1, -0.05) is 34.5 Å². The van der Waals surface area contributed by atoms with Crippen LogP contribution in [0.25, 0.3) is 10.2 Å². The molecule has 2 aromatic carbocycles. The summed E-state index contributed by atoms with van der Waals surface area (Å²) in [6, 6.07) is 11.6. The van der Waals surface area contributed by atoms with Gasteiger partial charge in [-0.25, -0.2) is 4.98 Å². The first-order chi connectivity index (χ1) is 9.64. The number of anilines is 2. The van der Waals surface area contributed by atoms with Crippen molar-refractivity contribution in [3.63, 3.8) is 0 Å². The lowest BCUT2D eigenvalue weighted by molar-refractivity contribution is 1.43. The Balaban J connectivity index is 1.94. The molecule has 0 aliphatic rings. The van der Waals surface area contributed by atoms with Crippen LogP contribution in [0.3, 0.4) is 0 Å². The molecule has 0 spiro atoms. The summed E-state index contributed by atoms with van der Waals surface area (Å²) in [7, 11) is 0. The molecule has 0 aliphatic carbocycles. The monoisotopic (exact) mass is 340 g/mol. The van der Waals surface area contributed by atoms with Crippen LogP contribution in [0.1, 0.15) is 0 Å². The molecule has 1 N–H and O–H groups in total. The summed E-state index contributed by atoms with van der Waals surface area (Å²) >= 11 is 15.3. The minimum absolute atomic E-state index is 0.603. The predicted octanol–water partition coefficient (Wildman–Crippen LogP) is 6.07. The molecule has 102 valence electrons. The van der Waals surface area contributed by atoms with E-state index in [0.29, 0.717) is 10.0 Å². The standard InChI is InChI=1S/C14H10Cl2N2S2/c1-19-11-2-3-12-13(7-11)20-14(18-12)17-10-5-8(15)4-9(16)6-10/h2-7H,1H3,(H,17,18). The highest BCUT2D eigenvalue weighted by Gasteiger charge is 2.06. The van der Waals surface area contributed by atoms with Gasteiger partial charge in [0, 0.05) is 20.6 Å². The molecule has 0 fully saturated rings. The Labute approximate surface area is 135 Å². The van der Waals surface area contributed by atoms with Crippen molar-refractivity contribution in [1.82, 2.24) is 4.98 Å². The average molecular weight is 341 g/mol. The molecular formula is C14H10Cl2N2S2. The first-order valence-electron chi connectivity index (χ1n) is 5.82. The van der Waals surface area contributed by atoms with Gasteiger partial charge in [-0.2, -0.15) is 0 Å². The molecule has 0 saturated heterocycles. The summed E-state index contributed by atoms with van der Waals surface area (Å²) in [5.41, 5.74) is 1.83. The van der Waals surface area contributed by atoms with Gasteiger partial charge < -0.3 is 5.32 Å². The number of nitrogens with one attached hydrogen (secondary N) is 1. The molecule has 0 atom stereocenters. The maximum absolute atomic E-state index is 5.99. The summed E-state index contributed by atoms with van der Waals surface area (Å²) in [6.45, 7) is 0. The molecule has 3 aromatic rings. The lowest BCUT2D eigenvalue weighted by atomic mass is 10.3. The number of rotatable bonds is 3. The summed E-state index contributed by atoms with van der Waals surface area (Å²) in [5, 5.41) is 5.28. The van der Waals surface area contributed by atoms with Crippen molar-refractivity contribution in [2.24, 2.45) is 0 Å². The smallest absolute Gasteiger partial charge is 0.188 e. The number of fused-ring (bicyclic) bond motifs is 1. The topological polar surface area (TPSA) is 24.9 Å². The Morgan fingerprint density at radius 2 is 1.85 bits per heavy atom. The van der Waals surface area contributed by atoms with E-state index in [0.717, 1.165) is 21.0 Å². The Morgan fingerprint density at radius 1 is 1.10 bits per heavy atom. The number of benzene rings is 2. The van der Waals surface area contributed by atoms with Gasteiger partial charge in [-0.3, -0.25) is 0 Å². The summed E-state index contributed by atoms with van der Waals surface area (Å²) in [5.74, 6) is 0. The Kier molecular flexibility index (Phi) is 4.08. The van der Waals surface area contributed by atoms with Crippen molar-refractivity contribution in [2.45, 2.75) is 4.90 Å². The predicted molar refractivity (Wildman–Crippen MR) is 91.1 cm³/mol. The average Bonchev–Trinajstić information content (AvgIpc) is 2.78. The van der Waals surface area contributed by atoms with E-state index in [1.54, 1.807) is 29.2 Å². The zero-order chi connectivity index (χ0) is 14.1. The molecule has 1 heterocycles. The zero-order valence-electron chi connectivity index (χ0n) is 10.5. The van der Waals surface area contributed by atoms with Gasteiger partial charge in [-0.15, -0.1) is 11.8 Å². The van der Waals surface area contributed by atoms with E-state index in [4.69, 9.17) is 23.2 Å². The van der Waals surface area contributed by atoms with E-state index in [1.807, 2.05) is 18.2 Å². The Morgan fingerprint density at radius 3 is 2.55 bits per heavy atom. The maximum Gasteiger partial charge on any atom is 0.188 e. The van der Waals surface area contributed by atoms with Crippen LogP contribution in [0.15, 0.2) is 41.3 Å². The third-order valence-corrected chi connectivity index (χ3v) is 4.80. The number of nitrogens with zero attached hydrogens (tertiary/aromatic N) is 1. The van der Waals surface area contributed by atoms with Crippen LogP contribution in [0.4, 0.5) is 10.8 Å². The van der Waals surface area contributed by atoms with E-state index in [1.165, 1.54) is 4.90 Å². The van der Waals surface area contributed by atoms with E-state index in [9.17, 15) is 0 Å². The van der Waals surface area contributed by atoms with Crippen molar-refractivity contribution >= 4 is 67.3 Å². The Hall–Kier alpha value is -0.940. The van der Waals surface area contributed by atoms with Crippen molar-refractivity contribution in [1.29, 1.82) is 0 Å². The fraction of sp³-hybridized carbons (Fsp3) is 0.0714. The number of thioether (sulfide) groups is 1. The van der Waals surface area contributed by atoms with Crippen LogP contribution in [0, 0.1) is 0 Å². The molecule has 0 bridgehead atoms. The van der Waals surface area contributed by atoms with Gasteiger partial charge >= 0.3 is 0 Å². The van der Waals surface area contributed by atoms with Crippen molar-refractivity contribution < 1.29 is 0 Å². The molecular weight excluding hydrogens is 331 g/mol. The second-order valence-corrected chi connectivity index (χ2v) is 6.92. The number of hydrogen-bond acceptors (Lipinski definition) is 4. The van der Waals surface area contributed by atoms with Crippen LogP contribution in [0.2, 0.25) is 10.0 Å². The van der Waals surface area contributed by atoms with Crippen LogP contribution < -0.4 is 5.32 Å². The van der Waals surface area contributed by atoms with Crippen LogP contribution in [-0.4, -0.2) is 11.2 Å². The molecule has 0 aliphatic heterocycles. The molecule has 3 rings (SSSR count). The van der Waals surface area contributed by atoms with Crippen molar-refractivity contribution in [2.75, 3.05) is 11.6 Å². The first-order valence-corrected chi connectivity index (χ1v) is 8.61. The van der Waals surface area contributed by atoms with E-state index < -0.39 is 0 Å². The second kappa shape index (κ2) is 5.82. The highest BCUT2D eigenvalue weighted by molar-refractivity contribution is 7.98. The molecule has 1 aromatic heterocycles. The number of halogens is 2. The molecule has 0 unspecified atom stereocenters. The zero-order valence-corrected chi connectivity index (χ0v) is 13.6. The quantitative estimate of drug-likeness (QED) is 0.585. The van der Waals surface area contributed by atoms with Gasteiger partial charge in [0.25, 0.3) is 0 Å². The normalized spacial score (nSPS) is 10.9.